The van der Waals surface area contributed by atoms with Gasteiger partial charge in [-0.15, -0.1) is 0 Å². The smallest absolute Gasteiger partial charge is 0.331 e. The van der Waals surface area contributed by atoms with Gasteiger partial charge >= 0.3 is 5.97 Å². The van der Waals surface area contributed by atoms with Gasteiger partial charge in [0.25, 0.3) is 0 Å². The molecule has 0 heterocycles. The van der Waals surface area contributed by atoms with Crippen LogP contribution in [-0.4, -0.2) is 11.1 Å². The van der Waals surface area contributed by atoms with E-state index in [1.807, 2.05) is 18.2 Å². The minimum atomic E-state index is -0.837. The third kappa shape index (κ3) is 3.69. The maximum Gasteiger partial charge on any atom is 0.331 e. The van der Waals surface area contributed by atoms with Crippen molar-refractivity contribution in [1.29, 1.82) is 0 Å². The SMILES string of the molecule is CC(=Cc1ccccc1C1CCCCCC1)C(=O)O. The van der Waals surface area contributed by atoms with Crippen molar-refractivity contribution in [3.05, 3.63) is 41.0 Å². The van der Waals surface area contributed by atoms with E-state index in [1.165, 1.54) is 44.1 Å². The van der Waals surface area contributed by atoms with E-state index >= 15 is 0 Å². The molecule has 0 amide bonds. The molecule has 0 aliphatic heterocycles. The van der Waals surface area contributed by atoms with Crippen LogP contribution < -0.4 is 0 Å². The third-order valence-electron chi connectivity index (χ3n) is 4.00. The first kappa shape index (κ1) is 13.9. The van der Waals surface area contributed by atoms with Gasteiger partial charge in [0.1, 0.15) is 0 Å². The Balaban J connectivity index is 2.29. The Morgan fingerprint density at radius 2 is 1.79 bits per heavy atom. The molecule has 19 heavy (non-hydrogen) atoms. The van der Waals surface area contributed by atoms with E-state index in [0.29, 0.717) is 11.5 Å². The number of aliphatic carboxylic acids is 1. The van der Waals surface area contributed by atoms with Gasteiger partial charge in [0.15, 0.2) is 0 Å². The summed E-state index contributed by atoms with van der Waals surface area (Å²) in [4.78, 5) is 11.0. The quantitative estimate of drug-likeness (QED) is 0.635. The van der Waals surface area contributed by atoms with Crippen LogP contribution in [0.4, 0.5) is 0 Å². The van der Waals surface area contributed by atoms with Gasteiger partial charge in [-0.3, -0.25) is 0 Å². The Hall–Kier alpha value is -1.57. The molecular weight excluding hydrogens is 236 g/mol. The van der Waals surface area contributed by atoms with Crippen LogP contribution >= 0.6 is 0 Å². The highest BCUT2D eigenvalue weighted by molar-refractivity contribution is 5.91. The van der Waals surface area contributed by atoms with Crippen molar-refractivity contribution in [2.24, 2.45) is 0 Å². The lowest BCUT2D eigenvalue weighted by Gasteiger charge is -2.17. The molecule has 1 aromatic rings. The largest absolute Gasteiger partial charge is 0.478 e. The van der Waals surface area contributed by atoms with Gasteiger partial charge in [-0.05, 0) is 42.9 Å². The van der Waals surface area contributed by atoms with Crippen molar-refractivity contribution in [2.75, 3.05) is 0 Å². The fourth-order valence-corrected chi connectivity index (χ4v) is 2.90. The van der Waals surface area contributed by atoms with Gasteiger partial charge in [-0.25, -0.2) is 4.79 Å². The van der Waals surface area contributed by atoms with E-state index in [-0.39, 0.29) is 0 Å². The maximum absolute atomic E-state index is 11.0. The number of carboxylic acids is 1. The second kappa shape index (κ2) is 6.55. The summed E-state index contributed by atoms with van der Waals surface area (Å²) in [6.07, 6.45) is 9.53. The van der Waals surface area contributed by atoms with Crippen molar-refractivity contribution in [3.63, 3.8) is 0 Å². The van der Waals surface area contributed by atoms with Gasteiger partial charge < -0.3 is 5.11 Å². The number of rotatable bonds is 3. The monoisotopic (exact) mass is 258 g/mol. The second-order valence-corrected chi connectivity index (χ2v) is 5.45. The van der Waals surface area contributed by atoms with Crippen LogP contribution in [0.3, 0.4) is 0 Å². The van der Waals surface area contributed by atoms with Gasteiger partial charge in [-0.1, -0.05) is 49.9 Å². The highest BCUT2D eigenvalue weighted by atomic mass is 16.4. The summed E-state index contributed by atoms with van der Waals surface area (Å²) >= 11 is 0. The molecule has 2 nitrogen and oxygen atoms in total. The normalized spacial score (nSPS) is 18.1. The van der Waals surface area contributed by atoms with Crippen molar-refractivity contribution >= 4 is 12.0 Å². The standard InChI is InChI=1S/C17H22O2/c1-13(17(18)19)12-15-10-6-7-11-16(15)14-8-4-2-3-5-9-14/h6-7,10-12,14H,2-5,8-9H2,1H3,(H,18,19). The Morgan fingerprint density at radius 1 is 1.16 bits per heavy atom. The van der Waals surface area contributed by atoms with E-state index in [4.69, 9.17) is 5.11 Å². The summed E-state index contributed by atoms with van der Waals surface area (Å²) in [6.45, 7) is 1.66. The summed E-state index contributed by atoms with van der Waals surface area (Å²) in [6, 6.07) is 8.25. The molecule has 1 N–H and O–H groups in total. The van der Waals surface area contributed by atoms with Crippen LogP contribution in [0.1, 0.15) is 62.5 Å². The average Bonchev–Trinajstić information content (AvgIpc) is 2.68. The predicted molar refractivity (Wildman–Crippen MR) is 78.2 cm³/mol. The van der Waals surface area contributed by atoms with Gasteiger partial charge in [0, 0.05) is 5.57 Å². The number of hydrogen-bond donors (Lipinski definition) is 1. The van der Waals surface area contributed by atoms with E-state index in [2.05, 4.69) is 12.1 Å². The molecule has 0 atom stereocenters. The summed E-state index contributed by atoms with van der Waals surface area (Å²) in [5, 5.41) is 9.02. The first-order valence-corrected chi connectivity index (χ1v) is 7.19. The zero-order valence-corrected chi connectivity index (χ0v) is 11.6. The zero-order chi connectivity index (χ0) is 13.7. The Kier molecular flexibility index (Phi) is 4.78. The molecule has 2 rings (SSSR count). The minimum Gasteiger partial charge on any atom is -0.478 e. The van der Waals surface area contributed by atoms with Crippen LogP contribution in [0.25, 0.3) is 6.08 Å². The van der Waals surface area contributed by atoms with E-state index < -0.39 is 5.97 Å². The Bertz CT molecular complexity index is 466. The molecule has 0 saturated heterocycles. The molecule has 1 aromatic carbocycles. The zero-order valence-electron chi connectivity index (χ0n) is 11.6. The lowest BCUT2D eigenvalue weighted by molar-refractivity contribution is -0.132. The first-order chi connectivity index (χ1) is 9.18. The van der Waals surface area contributed by atoms with E-state index in [0.717, 1.165) is 5.56 Å². The molecule has 0 aromatic heterocycles. The lowest BCUT2D eigenvalue weighted by atomic mass is 9.88. The topological polar surface area (TPSA) is 37.3 Å². The van der Waals surface area contributed by atoms with Crippen LogP contribution in [-0.2, 0) is 4.79 Å². The van der Waals surface area contributed by atoms with Crippen molar-refractivity contribution in [1.82, 2.24) is 0 Å². The number of carbonyl (C=O) groups is 1. The van der Waals surface area contributed by atoms with E-state index in [9.17, 15) is 4.79 Å². The van der Waals surface area contributed by atoms with Gasteiger partial charge in [0.05, 0.1) is 0 Å². The highest BCUT2D eigenvalue weighted by Crippen LogP contribution is 2.34. The maximum atomic E-state index is 11.0. The van der Waals surface area contributed by atoms with Crippen LogP contribution in [0.5, 0.6) is 0 Å². The first-order valence-electron chi connectivity index (χ1n) is 7.19. The lowest BCUT2D eigenvalue weighted by Crippen LogP contribution is -2.01. The molecule has 0 spiro atoms. The van der Waals surface area contributed by atoms with Gasteiger partial charge in [0.2, 0.25) is 0 Å². The third-order valence-corrected chi connectivity index (χ3v) is 4.00. The fraction of sp³-hybridized carbons (Fsp3) is 0.471. The summed E-state index contributed by atoms with van der Waals surface area (Å²) in [7, 11) is 0. The summed E-state index contributed by atoms with van der Waals surface area (Å²) in [5.74, 6) is -0.243. The molecule has 0 radical (unpaired) electrons. The number of hydrogen-bond acceptors (Lipinski definition) is 1. The summed E-state index contributed by atoms with van der Waals surface area (Å²) < 4.78 is 0. The highest BCUT2D eigenvalue weighted by Gasteiger charge is 2.16. The molecule has 1 aliphatic rings. The summed E-state index contributed by atoms with van der Waals surface area (Å²) in [5.41, 5.74) is 2.81. The molecule has 2 heteroatoms. The molecule has 1 aliphatic carbocycles. The Morgan fingerprint density at radius 3 is 2.42 bits per heavy atom. The Labute approximate surface area is 115 Å². The fourth-order valence-electron chi connectivity index (χ4n) is 2.90. The van der Waals surface area contributed by atoms with Gasteiger partial charge in [-0.2, -0.15) is 0 Å². The molecule has 1 saturated carbocycles. The molecule has 1 fully saturated rings. The minimum absolute atomic E-state index is 0.404. The second-order valence-electron chi connectivity index (χ2n) is 5.45. The van der Waals surface area contributed by atoms with Crippen molar-refractivity contribution < 1.29 is 9.90 Å². The van der Waals surface area contributed by atoms with Crippen LogP contribution in [0.15, 0.2) is 29.8 Å². The number of benzene rings is 1. The predicted octanol–water partition coefficient (Wildman–Crippen LogP) is 4.61. The van der Waals surface area contributed by atoms with Crippen LogP contribution in [0, 0.1) is 0 Å². The van der Waals surface area contributed by atoms with Crippen molar-refractivity contribution in [2.45, 2.75) is 51.4 Å². The number of carboxylic acid groups (broad SMARTS) is 1. The van der Waals surface area contributed by atoms with E-state index in [1.54, 1.807) is 6.92 Å². The molecule has 102 valence electrons. The van der Waals surface area contributed by atoms with Crippen LogP contribution in [0.2, 0.25) is 0 Å². The molecular formula is C17H22O2. The molecule has 0 bridgehead atoms. The molecule has 0 unspecified atom stereocenters. The van der Waals surface area contributed by atoms with Crippen molar-refractivity contribution in [3.8, 4) is 0 Å². The average molecular weight is 258 g/mol.